The van der Waals surface area contributed by atoms with Gasteiger partial charge in [-0.2, -0.15) is 0 Å². The van der Waals surface area contributed by atoms with Gasteiger partial charge in [0.25, 0.3) is 0 Å². The molecule has 2 unspecified atom stereocenters. The third-order valence-electron chi connectivity index (χ3n) is 5.99. The minimum atomic E-state index is -2.14. The molecule has 0 saturated heterocycles. The maximum Gasteiger partial charge on any atom is 0.513 e. The lowest BCUT2D eigenvalue weighted by Gasteiger charge is -2.35. The van der Waals surface area contributed by atoms with Crippen molar-refractivity contribution in [3.05, 3.63) is 144 Å². The predicted octanol–water partition coefficient (Wildman–Crippen LogP) is 3.65. The molecule has 4 rings (SSSR count). The van der Waals surface area contributed by atoms with Gasteiger partial charge in [0, 0.05) is 0 Å². The van der Waals surface area contributed by atoms with Crippen LogP contribution in [-0.4, -0.2) is 39.2 Å². The monoisotopic (exact) mass is 486 g/mol. The van der Waals surface area contributed by atoms with Crippen LogP contribution in [0, 0.1) is 0 Å². The second-order valence-corrected chi connectivity index (χ2v) is 8.19. The van der Waals surface area contributed by atoms with E-state index in [0.29, 0.717) is 0 Å². The fraction of sp³-hybridized carbons (Fsp3) is 0.138. The smallest absolute Gasteiger partial charge is 0.400 e. The highest BCUT2D eigenvalue weighted by atomic mass is 16.8. The van der Waals surface area contributed by atoms with Gasteiger partial charge in [0.15, 0.2) is 11.2 Å². The Bertz CT molecular complexity index is 1070. The topological polar surface area (TPSA) is 116 Å². The van der Waals surface area contributed by atoms with E-state index in [9.17, 15) is 25.2 Å². The second kappa shape index (κ2) is 10.7. The van der Waals surface area contributed by atoms with Crippen LogP contribution in [0.2, 0.25) is 0 Å². The molecule has 0 bridgehead atoms. The maximum atomic E-state index is 12.7. The highest BCUT2D eigenvalue weighted by molar-refractivity contribution is 5.61. The first kappa shape index (κ1) is 25.1. The molecule has 7 nitrogen and oxygen atoms in total. The zero-order valence-corrected chi connectivity index (χ0v) is 19.2. The van der Waals surface area contributed by atoms with Gasteiger partial charge in [-0.25, -0.2) is 4.79 Å². The molecule has 0 heterocycles. The van der Waals surface area contributed by atoms with Crippen LogP contribution in [-0.2, 0) is 20.7 Å². The van der Waals surface area contributed by atoms with Crippen LogP contribution in [0.15, 0.2) is 121 Å². The van der Waals surface area contributed by atoms with E-state index in [1.54, 1.807) is 121 Å². The Balaban J connectivity index is 1.60. The average molecular weight is 487 g/mol. The van der Waals surface area contributed by atoms with Crippen LogP contribution < -0.4 is 0 Å². The molecule has 184 valence electrons. The normalized spacial score (nSPS) is 13.4. The molecule has 0 saturated carbocycles. The number of aliphatic hydroxyl groups is 4. The summed E-state index contributed by atoms with van der Waals surface area (Å²) in [6, 6.07) is 32.8. The Morgan fingerprint density at radius 1 is 0.500 bits per heavy atom. The Morgan fingerprint density at radius 2 is 0.722 bits per heavy atom. The lowest BCUT2D eigenvalue weighted by molar-refractivity contribution is -0.217. The van der Waals surface area contributed by atoms with Gasteiger partial charge in [-0.1, -0.05) is 121 Å². The fourth-order valence-corrected chi connectivity index (χ4v) is 4.05. The van der Waals surface area contributed by atoms with E-state index >= 15 is 0 Å². The Kier molecular flexibility index (Phi) is 7.47. The standard InChI is InChI=1S/C29H26O7/c30-25(28(33,21-13-5-1-6-14-21)22-15-7-2-8-16-22)35-27(32)36-26(31)29(34,23-17-9-3-10-18-23)24-19-11-4-12-20-24/h1-20,25-26,30-31,33-34H. The number of hydrogen-bond acceptors (Lipinski definition) is 7. The van der Waals surface area contributed by atoms with Crippen molar-refractivity contribution in [2.45, 2.75) is 23.8 Å². The van der Waals surface area contributed by atoms with Crippen molar-refractivity contribution < 1.29 is 34.7 Å². The summed E-state index contributed by atoms with van der Waals surface area (Å²) in [6.07, 6.45) is -5.71. The third kappa shape index (κ3) is 4.86. The van der Waals surface area contributed by atoms with Crippen molar-refractivity contribution in [1.82, 2.24) is 0 Å². The number of hydrogen-bond donors (Lipinski definition) is 4. The first-order valence-corrected chi connectivity index (χ1v) is 11.3. The summed E-state index contributed by atoms with van der Waals surface area (Å²) in [5, 5.41) is 44.8. The zero-order valence-electron chi connectivity index (χ0n) is 19.2. The Hall–Kier alpha value is -4.01. The van der Waals surface area contributed by atoms with E-state index in [1.165, 1.54) is 0 Å². The van der Waals surface area contributed by atoms with Gasteiger partial charge >= 0.3 is 6.16 Å². The molecule has 36 heavy (non-hydrogen) atoms. The summed E-state index contributed by atoms with van der Waals surface area (Å²) in [7, 11) is 0. The van der Waals surface area contributed by atoms with Gasteiger partial charge in [-0.15, -0.1) is 0 Å². The molecule has 0 aliphatic carbocycles. The lowest BCUT2D eigenvalue weighted by atomic mass is 9.85. The largest absolute Gasteiger partial charge is 0.513 e. The predicted molar refractivity (Wildman–Crippen MR) is 131 cm³/mol. The Morgan fingerprint density at radius 3 is 0.944 bits per heavy atom. The minimum absolute atomic E-state index is 0.266. The molecule has 2 atom stereocenters. The lowest BCUT2D eigenvalue weighted by Crippen LogP contribution is -2.46. The van der Waals surface area contributed by atoms with Crippen molar-refractivity contribution in [2.24, 2.45) is 0 Å². The van der Waals surface area contributed by atoms with E-state index in [-0.39, 0.29) is 22.3 Å². The number of carbonyl (C=O) groups excluding carboxylic acids is 1. The van der Waals surface area contributed by atoms with Crippen LogP contribution >= 0.6 is 0 Å². The summed E-state index contributed by atoms with van der Waals surface area (Å²) in [5.74, 6) is 0. The molecule has 4 aromatic carbocycles. The molecular weight excluding hydrogens is 460 g/mol. The van der Waals surface area contributed by atoms with Gasteiger partial charge in [0.05, 0.1) is 0 Å². The van der Waals surface area contributed by atoms with Crippen LogP contribution in [0.3, 0.4) is 0 Å². The van der Waals surface area contributed by atoms with E-state index < -0.39 is 29.9 Å². The van der Waals surface area contributed by atoms with Crippen molar-refractivity contribution in [1.29, 1.82) is 0 Å². The summed E-state index contributed by atoms with van der Waals surface area (Å²) in [5.41, 5.74) is -3.21. The summed E-state index contributed by atoms with van der Waals surface area (Å²) in [6.45, 7) is 0. The molecule has 4 aromatic rings. The minimum Gasteiger partial charge on any atom is -0.400 e. The van der Waals surface area contributed by atoms with Crippen LogP contribution in [0.1, 0.15) is 22.3 Å². The molecule has 0 fully saturated rings. The molecule has 0 aromatic heterocycles. The quantitative estimate of drug-likeness (QED) is 0.222. The van der Waals surface area contributed by atoms with E-state index in [1.807, 2.05) is 0 Å². The van der Waals surface area contributed by atoms with Gasteiger partial charge in [0.2, 0.25) is 12.6 Å². The summed E-state index contributed by atoms with van der Waals surface area (Å²) in [4.78, 5) is 12.7. The van der Waals surface area contributed by atoms with Gasteiger partial charge in [-0.05, 0) is 22.3 Å². The Labute approximate surface area is 208 Å². The number of ether oxygens (including phenoxy) is 2. The zero-order chi connectivity index (χ0) is 25.6. The number of aliphatic hydroxyl groups excluding tert-OH is 2. The van der Waals surface area contributed by atoms with E-state index in [4.69, 9.17) is 9.47 Å². The third-order valence-corrected chi connectivity index (χ3v) is 5.99. The SMILES string of the molecule is O=C(OC(O)C(O)(c1ccccc1)c1ccccc1)OC(O)C(O)(c1ccccc1)c1ccccc1. The first-order chi connectivity index (χ1) is 17.4. The number of carbonyl (C=O) groups is 1. The first-order valence-electron chi connectivity index (χ1n) is 11.3. The maximum absolute atomic E-state index is 12.7. The van der Waals surface area contributed by atoms with Crippen LogP contribution in [0.5, 0.6) is 0 Å². The second-order valence-electron chi connectivity index (χ2n) is 8.19. The van der Waals surface area contributed by atoms with E-state index in [2.05, 4.69) is 0 Å². The molecular formula is C29H26O7. The molecule has 7 heteroatoms. The molecule has 0 spiro atoms. The highest BCUT2D eigenvalue weighted by Gasteiger charge is 2.45. The van der Waals surface area contributed by atoms with Crippen molar-refractivity contribution in [3.8, 4) is 0 Å². The van der Waals surface area contributed by atoms with Gasteiger partial charge in [-0.3, -0.25) is 0 Å². The van der Waals surface area contributed by atoms with Crippen molar-refractivity contribution in [3.63, 3.8) is 0 Å². The van der Waals surface area contributed by atoms with Crippen LogP contribution in [0.4, 0.5) is 4.79 Å². The summed E-state index contributed by atoms with van der Waals surface area (Å²) < 4.78 is 10.1. The van der Waals surface area contributed by atoms with Crippen molar-refractivity contribution in [2.75, 3.05) is 0 Å². The van der Waals surface area contributed by atoms with Crippen LogP contribution in [0.25, 0.3) is 0 Å². The highest BCUT2D eigenvalue weighted by Crippen LogP contribution is 2.36. The molecule has 0 amide bonds. The number of benzene rings is 4. The van der Waals surface area contributed by atoms with Gasteiger partial charge < -0.3 is 29.9 Å². The van der Waals surface area contributed by atoms with Gasteiger partial charge in [0.1, 0.15) is 0 Å². The average Bonchev–Trinajstić information content (AvgIpc) is 2.93. The fourth-order valence-electron chi connectivity index (χ4n) is 4.05. The molecule has 0 aliphatic rings. The molecule has 4 N–H and O–H groups in total. The van der Waals surface area contributed by atoms with E-state index in [0.717, 1.165) is 0 Å². The number of rotatable bonds is 8. The molecule has 0 aliphatic heterocycles. The molecule has 0 radical (unpaired) electrons. The summed E-state index contributed by atoms with van der Waals surface area (Å²) >= 11 is 0. The van der Waals surface area contributed by atoms with Crippen molar-refractivity contribution >= 4 is 6.16 Å².